The predicted octanol–water partition coefficient (Wildman–Crippen LogP) is 26.8. The Hall–Kier alpha value is -12.5. The summed E-state index contributed by atoms with van der Waals surface area (Å²) in [5.41, 5.74) is 33.4. The molecule has 0 spiro atoms. The third-order valence-electron chi connectivity index (χ3n) is 23.5. The van der Waals surface area contributed by atoms with Crippen molar-refractivity contribution in [2.75, 3.05) is 9.80 Å². The van der Waals surface area contributed by atoms with Crippen LogP contribution in [-0.2, 0) is 16.2 Å². The number of aromatic nitrogens is 1. The number of anilines is 6. The Bertz CT molecular complexity index is 6490. The predicted molar refractivity (Wildman–Crippen MR) is 464 cm³/mol. The highest BCUT2D eigenvalue weighted by Gasteiger charge is 2.47. The lowest BCUT2D eigenvalue weighted by Crippen LogP contribution is -2.61. The van der Waals surface area contributed by atoms with Crippen molar-refractivity contribution in [3.8, 4) is 83.6 Å². The van der Waals surface area contributed by atoms with Gasteiger partial charge in [-0.2, -0.15) is 0 Å². The van der Waals surface area contributed by atoms with Gasteiger partial charge in [0.05, 0.1) is 22.4 Å². The molecule has 20 rings (SSSR count). The van der Waals surface area contributed by atoms with Crippen molar-refractivity contribution >= 4 is 111 Å². The third-order valence-corrected chi connectivity index (χ3v) is 23.5. The van der Waals surface area contributed by atoms with Crippen molar-refractivity contribution in [2.24, 2.45) is 0 Å². The highest BCUT2D eigenvalue weighted by atomic mass is 15.2. The van der Waals surface area contributed by atoms with Gasteiger partial charge in [-0.25, -0.2) is 0 Å². The summed E-state index contributed by atoms with van der Waals surface area (Å²) in [6.45, 7) is 21.2. The monoisotopic (exact) mass is 1380 g/mol. The van der Waals surface area contributed by atoms with Crippen LogP contribution >= 0.6 is 0 Å². The SMILES string of the molecule is CC(C)(C)c1cc(-c2ccccc2)c(N2c3ccc(-c4ccccc4)cc3B3c4ccc(-n5c6ccc7cccc8c9cccc%10ccc5c(c%109)c6c78)cc4N(c4c(-c5ccccc5)cc(C(C)(C)C)cc4-c4cccc(-c5ccccc5)c4)c4cc(C(C)(C)C)cc2c43)c(-c2cccc(-c3ccccc3)c2)c1. The van der Waals surface area contributed by atoms with Crippen LogP contribution in [0.3, 0.4) is 0 Å². The van der Waals surface area contributed by atoms with Crippen molar-refractivity contribution in [3.05, 3.63) is 350 Å². The van der Waals surface area contributed by atoms with Crippen molar-refractivity contribution in [3.63, 3.8) is 0 Å². The zero-order valence-corrected chi connectivity index (χ0v) is 62.7. The number of rotatable bonds is 10. The fourth-order valence-electron chi connectivity index (χ4n) is 18.0. The van der Waals surface area contributed by atoms with Gasteiger partial charge in [-0.1, -0.05) is 317 Å². The smallest absolute Gasteiger partial charge is 0.252 e. The van der Waals surface area contributed by atoms with Gasteiger partial charge < -0.3 is 14.4 Å². The van der Waals surface area contributed by atoms with Crippen LogP contribution in [0.25, 0.3) is 138 Å². The van der Waals surface area contributed by atoms with Gasteiger partial charge in [0.2, 0.25) is 0 Å². The molecule has 0 amide bonds. The summed E-state index contributed by atoms with van der Waals surface area (Å²) in [6, 6.07) is 128. The molecular formula is C104H82BN3. The first-order valence-electron chi connectivity index (χ1n) is 38.3. The first kappa shape index (κ1) is 65.1. The van der Waals surface area contributed by atoms with Crippen molar-refractivity contribution in [1.29, 1.82) is 0 Å². The summed E-state index contributed by atoms with van der Waals surface area (Å²) in [6.07, 6.45) is 0. The van der Waals surface area contributed by atoms with Crippen LogP contribution in [0.4, 0.5) is 34.1 Å². The van der Waals surface area contributed by atoms with Gasteiger partial charge in [-0.15, -0.1) is 0 Å². The maximum absolute atomic E-state index is 2.77. The average Bonchev–Trinajstić information content (AvgIpc) is 1.42. The van der Waals surface area contributed by atoms with E-state index in [0.717, 1.165) is 73.2 Å². The molecule has 3 nitrogen and oxygen atoms in total. The molecule has 108 heavy (non-hydrogen) atoms. The van der Waals surface area contributed by atoms with Crippen molar-refractivity contribution < 1.29 is 0 Å². The largest absolute Gasteiger partial charge is 0.310 e. The molecular weight excluding hydrogens is 1300 g/mol. The molecule has 17 aromatic carbocycles. The van der Waals surface area contributed by atoms with E-state index in [1.54, 1.807) is 0 Å². The number of benzene rings is 17. The molecule has 0 aliphatic carbocycles. The van der Waals surface area contributed by atoms with Crippen LogP contribution in [-0.4, -0.2) is 11.3 Å². The van der Waals surface area contributed by atoms with E-state index in [2.05, 4.69) is 410 Å². The Balaban J connectivity index is 0.966. The lowest BCUT2D eigenvalue weighted by Gasteiger charge is -2.47. The third kappa shape index (κ3) is 10.4. The maximum Gasteiger partial charge on any atom is 0.252 e. The van der Waals surface area contributed by atoms with Crippen molar-refractivity contribution in [1.82, 2.24) is 4.57 Å². The van der Waals surface area contributed by atoms with Gasteiger partial charge in [0.15, 0.2) is 0 Å². The average molecular weight is 1380 g/mol. The van der Waals surface area contributed by atoms with E-state index < -0.39 is 0 Å². The fraction of sp³-hybridized carbons (Fsp3) is 0.115. The number of hydrogen-bond acceptors (Lipinski definition) is 2. The molecule has 0 radical (unpaired) electrons. The standard InChI is InChI=1S/C104H82BN3/c1-102(2,3)77-58-83(68-35-21-13-22-36-68)100(85(60-77)75-43-25-41-72(55-75)65-29-15-10-16-30-65)107-89-52-49-74(67-33-19-12-20-34-67)57-88(89)105-87-51-50-80(106-90-53-47-70-39-27-45-81-82-46-28-40-71-48-54-91(106)98(96(71)82)97(90)95(70)81)64-92(87)108(94-63-79(104(7,8)9)62-93(107)99(94)105)101-84(69-37-23-14-24-38-69)59-78(103(4,5)6)61-86(101)76-44-26-42-73(56-76)66-31-17-11-18-32-66/h10-64H,1-9H3. The van der Waals surface area contributed by atoms with Gasteiger partial charge in [0.25, 0.3) is 6.71 Å². The normalized spacial score (nSPS) is 13.0. The first-order chi connectivity index (χ1) is 52.5. The molecule has 4 heteroatoms. The summed E-state index contributed by atoms with van der Waals surface area (Å²) in [4.78, 5) is 5.50. The molecule has 516 valence electrons. The van der Waals surface area contributed by atoms with Gasteiger partial charge in [-0.05, 0) is 216 Å². The van der Waals surface area contributed by atoms with E-state index in [-0.39, 0.29) is 23.0 Å². The van der Waals surface area contributed by atoms with Crippen LogP contribution in [0.2, 0.25) is 0 Å². The topological polar surface area (TPSA) is 11.4 Å². The Labute approximate surface area is 634 Å². The minimum absolute atomic E-state index is 0.210. The lowest BCUT2D eigenvalue weighted by atomic mass is 9.33. The Morgan fingerprint density at radius 1 is 0.241 bits per heavy atom. The minimum atomic E-state index is -0.340. The Kier molecular flexibility index (Phi) is 14.8. The number of nitrogens with zero attached hydrogens (tertiary/aromatic N) is 3. The van der Waals surface area contributed by atoms with E-state index in [1.807, 2.05) is 0 Å². The van der Waals surface area contributed by atoms with Crippen LogP contribution in [0.1, 0.15) is 79.0 Å². The molecule has 0 saturated heterocycles. The Morgan fingerprint density at radius 3 is 1.05 bits per heavy atom. The zero-order valence-electron chi connectivity index (χ0n) is 62.7. The second-order valence-corrected chi connectivity index (χ2v) is 33.2. The van der Waals surface area contributed by atoms with Crippen LogP contribution in [0, 0.1) is 0 Å². The molecule has 1 aromatic heterocycles. The van der Waals surface area contributed by atoms with E-state index in [0.29, 0.717) is 0 Å². The molecule has 0 bridgehead atoms. The highest BCUT2D eigenvalue weighted by molar-refractivity contribution is 7.00. The second kappa shape index (κ2) is 24.5. The second-order valence-electron chi connectivity index (χ2n) is 33.2. The summed E-state index contributed by atoms with van der Waals surface area (Å²) < 4.78 is 2.60. The summed E-state index contributed by atoms with van der Waals surface area (Å²) in [5, 5.41) is 10.4. The van der Waals surface area contributed by atoms with E-state index in [1.165, 1.54) is 132 Å². The molecule has 18 aromatic rings. The Morgan fingerprint density at radius 2 is 0.611 bits per heavy atom. The molecule has 2 aliphatic heterocycles. The van der Waals surface area contributed by atoms with Crippen LogP contribution in [0.5, 0.6) is 0 Å². The van der Waals surface area contributed by atoms with E-state index >= 15 is 0 Å². The number of hydrogen-bond donors (Lipinski definition) is 0. The highest BCUT2D eigenvalue weighted by Crippen LogP contribution is 2.57. The lowest BCUT2D eigenvalue weighted by molar-refractivity contribution is 0.590. The van der Waals surface area contributed by atoms with Gasteiger partial charge >= 0.3 is 0 Å². The first-order valence-corrected chi connectivity index (χ1v) is 38.3. The molecule has 0 atom stereocenters. The molecule has 2 aliphatic rings. The van der Waals surface area contributed by atoms with Gasteiger partial charge in [0, 0.05) is 61.5 Å². The molecule has 3 heterocycles. The van der Waals surface area contributed by atoms with E-state index in [9.17, 15) is 0 Å². The number of fused-ring (bicyclic) bond motifs is 5. The molecule has 0 saturated carbocycles. The van der Waals surface area contributed by atoms with Crippen LogP contribution in [0.15, 0.2) is 334 Å². The summed E-state index contributed by atoms with van der Waals surface area (Å²) >= 11 is 0. The van der Waals surface area contributed by atoms with Crippen molar-refractivity contribution in [2.45, 2.75) is 78.6 Å². The summed E-state index contributed by atoms with van der Waals surface area (Å²) in [5.74, 6) is 0. The van der Waals surface area contributed by atoms with Gasteiger partial charge in [0.1, 0.15) is 0 Å². The summed E-state index contributed by atoms with van der Waals surface area (Å²) in [7, 11) is 0. The molecule has 0 N–H and O–H groups in total. The quantitative estimate of drug-likeness (QED) is 0.0768. The molecule has 0 fully saturated rings. The maximum atomic E-state index is 2.77. The van der Waals surface area contributed by atoms with E-state index in [4.69, 9.17) is 0 Å². The minimum Gasteiger partial charge on any atom is -0.310 e. The van der Waals surface area contributed by atoms with Gasteiger partial charge in [-0.3, -0.25) is 0 Å². The van der Waals surface area contributed by atoms with Crippen LogP contribution < -0.4 is 26.2 Å². The zero-order chi connectivity index (χ0) is 73.1. The fourth-order valence-corrected chi connectivity index (χ4v) is 18.0. The molecule has 0 unspecified atom stereocenters.